The van der Waals surface area contributed by atoms with Gasteiger partial charge in [0, 0.05) is 43.0 Å². The molecule has 176 valence electrons. The Balaban J connectivity index is 1.57. The summed E-state index contributed by atoms with van der Waals surface area (Å²) in [5, 5.41) is 10.1. The normalized spacial score (nSPS) is 17.0. The lowest BCUT2D eigenvalue weighted by molar-refractivity contribution is -0.135. The summed E-state index contributed by atoms with van der Waals surface area (Å²) in [7, 11) is 0. The first kappa shape index (κ1) is 22.3. The fraction of sp³-hybridized carbons (Fsp3) is 0.407. The van der Waals surface area contributed by atoms with E-state index < -0.39 is 0 Å². The number of anilines is 1. The number of carbonyl (C=O) groups is 1. The van der Waals surface area contributed by atoms with Gasteiger partial charge in [-0.25, -0.2) is 9.38 Å². The number of amides is 1. The van der Waals surface area contributed by atoms with Crippen LogP contribution in [0.25, 0.3) is 27.9 Å². The third-order valence-corrected chi connectivity index (χ3v) is 6.45. The molecule has 7 heteroatoms. The molecule has 2 aromatic heterocycles. The fourth-order valence-corrected chi connectivity index (χ4v) is 4.73. The summed E-state index contributed by atoms with van der Waals surface area (Å²) in [6.45, 7) is 12.6. The summed E-state index contributed by atoms with van der Waals surface area (Å²) < 4.78 is 2.08. The molecule has 3 heterocycles. The van der Waals surface area contributed by atoms with Crippen LogP contribution in [0.1, 0.15) is 39.7 Å². The lowest BCUT2D eigenvalue weighted by atomic mass is 9.91. The van der Waals surface area contributed by atoms with E-state index in [-0.39, 0.29) is 17.4 Å². The molecule has 4 aromatic rings. The number of benzene rings is 2. The van der Waals surface area contributed by atoms with Crippen LogP contribution in [-0.4, -0.2) is 56.1 Å². The lowest BCUT2D eigenvalue weighted by Gasteiger charge is -2.41. The molecule has 2 aromatic carbocycles. The highest BCUT2D eigenvalue weighted by Crippen LogP contribution is 2.30. The van der Waals surface area contributed by atoms with Crippen molar-refractivity contribution in [2.24, 2.45) is 5.41 Å². The van der Waals surface area contributed by atoms with E-state index in [1.54, 1.807) is 0 Å². The zero-order valence-electron chi connectivity index (χ0n) is 20.6. The summed E-state index contributed by atoms with van der Waals surface area (Å²) >= 11 is 0. The van der Waals surface area contributed by atoms with Crippen molar-refractivity contribution in [2.75, 3.05) is 24.5 Å². The molecule has 0 radical (unpaired) electrons. The van der Waals surface area contributed by atoms with Crippen LogP contribution >= 0.6 is 0 Å². The molecule has 0 unspecified atom stereocenters. The Morgan fingerprint density at radius 2 is 1.76 bits per heavy atom. The van der Waals surface area contributed by atoms with Crippen LogP contribution in [0.3, 0.4) is 0 Å². The summed E-state index contributed by atoms with van der Waals surface area (Å²) in [6.07, 6.45) is 0.554. The number of hydrogen-bond acceptors (Lipinski definition) is 5. The summed E-state index contributed by atoms with van der Waals surface area (Å²) in [4.78, 5) is 22.3. The molecule has 0 saturated carbocycles. The Kier molecular flexibility index (Phi) is 5.50. The van der Waals surface area contributed by atoms with E-state index in [1.165, 1.54) is 5.56 Å². The van der Waals surface area contributed by atoms with Crippen LogP contribution in [0.4, 0.5) is 5.95 Å². The van der Waals surface area contributed by atoms with Gasteiger partial charge in [0.1, 0.15) is 0 Å². The number of aromatic nitrogens is 4. The first-order chi connectivity index (χ1) is 16.2. The SMILES string of the molecule is Cc1ccc(-c2nnc3c4ccccc4nc(N4CCN(C(=O)CC(C)(C)C)[C@@H](C)C4)n23)cc1. The molecule has 1 saturated heterocycles. The van der Waals surface area contributed by atoms with Gasteiger partial charge in [0.15, 0.2) is 11.5 Å². The monoisotopic (exact) mass is 456 g/mol. The third-order valence-electron chi connectivity index (χ3n) is 6.45. The molecule has 5 rings (SSSR count). The van der Waals surface area contributed by atoms with E-state index in [4.69, 9.17) is 4.98 Å². The van der Waals surface area contributed by atoms with Gasteiger partial charge in [-0.05, 0) is 31.4 Å². The molecule has 1 amide bonds. The second-order valence-electron chi connectivity index (χ2n) is 10.6. The predicted octanol–water partition coefficient (Wildman–Crippen LogP) is 4.73. The fourth-order valence-electron chi connectivity index (χ4n) is 4.73. The summed E-state index contributed by atoms with van der Waals surface area (Å²) in [6, 6.07) is 16.5. The first-order valence-electron chi connectivity index (χ1n) is 12.0. The Bertz CT molecular complexity index is 1350. The average Bonchev–Trinajstić information content (AvgIpc) is 3.23. The van der Waals surface area contributed by atoms with Crippen molar-refractivity contribution in [3.05, 3.63) is 54.1 Å². The van der Waals surface area contributed by atoms with E-state index in [0.29, 0.717) is 26.1 Å². The number of rotatable bonds is 3. The predicted molar refractivity (Wildman–Crippen MR) is 136 cm³/mol. The van der Waals surface area contributed by atoms with Crippen LogP contribution in [0.5, 0.6) is 0 Å². The number of hydrogen-bond donors (Lipinski definition) is 0. The van der Waals surface area contributed by atoms with Crippen LogP contribution in [-0.2, 0) is 4.79 Å². The van der Waals surface area contributed by atoms with Crippen LogP contribution < -0.4 is 4.90 Å². The van der Waals surface area contributed by atoms with Gasteiger partial charge in [-0.2, -0.15) is 0 Å². The molecule has 0 N–H and O–H groups in total. The standard InChI is InChI=1S/C27H32N6O/c1-18-10-12-20(13-11-18)24-29-30-25-21-8-6-7-9-22(21)28-26(33(24)25)31-14-15-32(19(2)17-31)23(34)16-27(3,4)5/h6-13,19H,14-17H2,1-5H3/t19-/m0/s1. The average molecular weight is 457 g/mol. The molecule has 1 atom stereocenters. The van der Waals surface area contributed by atoms with Crippen molar-refractivity contribution in [3.63, 3.8) is 0 Å². The second kappa shape index (κ2) is 8.38. The molecular weight excluding hydrogens is 424 g/mol. The lowest BCUT2D eigenvalue weighted by Crippen LogP contribution is -2.55. The maximum absolute atomic E-state index is 12.9. The molecule has 0 bridgehead atoms. The van der Waals surface area contributed by atoms with Crippen molar-refractivity contribution in [3.8, 4) is 11.4 Å². The molecule has 34 heavy (non-hydrogen) atoms. The maximum atomic E-state index is 12.9. The van der Waals surface area contributed by atoms with Gasteiger partial charge in [0.2, 0.25) is 11.9 Å². The molecular formula is C27H32N6O. The van der Waals surface area contributed by atoms with Gasteiger partial charge >= 0.3 is 0 Å². The van der Waals surface area contributed by atoms with Gasteiger partial charge in [-0.15, -0.1) is 10.2 Å². The van der Waals surface area contributed by atoms with E-state index >= 15 is 0 Å². The number of piperazine rings is 1. The molecule has 0 spiro atoms. The Labute approximate surface area is 200 Å². The Morgan fingerprint density at radius 3 is 2.47 bits per heavy atom. The van der Waals surface area contributed by atoms with Crippen molar-refractivity contribution in [2.45, 2.75) is 47.1 Å². The molecule has 7 nitrogen and oxygen atoms in total. The van der Waals surface area contributed by atoms with Crippen LogP contribution in [0, 0.1) is 12.3 Å². The Morgan fingerprint density at radius 1 is 1.03 bits per heavy atom. The highest BCUT2D eigenvalue weighted by Gasteiger charge is 2.31. The zero-order valence-corrected chi connectivity index (χ0v) is 20.6. The van der Waals surface area contributed by atoms with Gasteiger partial charge in [0.25, 0.3) is 0 Å². The highest BCUT2D eigenvalue weighted by atomic mass is 16.2. The Hall–Kier alpha value is -3.48. The van der Waals surface area contributed by atoms with Crippen molar-refractivity contribution in [1.29, 1.82) is 0 Å². The second-order valence-corrected chi connectivity index (χ2v) is 10.6. The molecule has 1 aliphatic heterocycles. The van der Waals surface area contributed by atoms with E-state index in [1.807, 2.05) is 29.2 Å². The van der Waals surface area contributed by atoms with E-state index in [9.17, 15) is 4.79 Å². The van der Waals surface area contributed by atoms with E-state index in [2.05, 4.69) is 78.4 Å². The summed E-state index contributed by atoms with van der Waals surface area (Å²) in [5.41, 5.74) is 3.88. The zero-order chi connectivity index (χ0) is 24.0. The van der Waals surface area contributed by atoms with Gasteiger partial charge in [-0.1, -0.05) is 62.7 Å². The molecule has 1 fully saturated rings. The number of para-hydroxylation sites is 1. The summed E-state index contributed by atoms with van der Waals surface area (Å²) in [5.74, 6) is 1.83. The topological polar surface area (TPSA) is 66.6 Å². The number of aryl methyl sites for hydroxylation is 1. The maximum Gasteiger partial charge on any atom is 0.223 e. The van der Waals surface area contributed by atoms with Crippen molar-refractivity contribution < 1.29 is 4.79 Å². The van der Waals surface area contributed by atoms with Crippen molar-refractivity contribution in [1.82, 2.24) is 24.5 Å². The number of carbonyl (C=O) groups excluding carboxylic acids is 1. The third kappa shape index (κ3) is 4.11. The number of fused-ring (bicyclic) bond motifs is 3. The van der Waals surface area contributed by atoms with Crippen LogP contribution in [0.2, 0.25) is 0 Å². The van der Waals surface area contributed by atoms with Gasteiger partial charge in [-0.3, -0.25) is 4.79 Å². The minimum atomic E-state index is -0.0224. The van der Waals surface area contributed by atoms with Crippen molar-refractivity contribution >= 4 is 28.4 Å². The molecule has 0 aliphatic carbocycles. The van der Waals surface area contributed by atoms with E-state index in [0.717, 1.165) is 33.9 Å². The highest BCUT2D eigenvalue weighted by molar-refractivity contribution is 5.93. The smallest absolute Gasteiger partial charge is 0.223 e. The van der Waals surface area contributed by atoms with Gasteiger partial charge in [0.05, 0.1) is 5.52 Å². The van der Waals surface area contributed by atoms with Crippen LogP contribution in [0.15, 0.2) is 48.5 Å². The quantitative estimate of drug-likeness (QED) is 0.446. The largest absolute Gasteiger partial charge is 0.338 e. The minimum Gasteiger partial charge on any atom is -0.338 e. The first-order valence-corrected chi connectivity index (χ1v) is 12.0. The minimum absolute atomic E-state index is 0.0224. The molecule has 1 aliphatic rings. The number of nitrogens with zero attached hydrogens (tertiary/aromatic N) is 6. The van der Waals surface area contributed by atoms with Gasteiger partial charge < -0.3 is 9.80 Å².